The molecule has 0 amide bonds. The summed E-state index contributed by atoms with van der Waals surface area (Å²) in [6, 6.07) is 9.84. The lowest BCUT2D eigenvalue weighted by Gasteiger charge is -2.41. The number of pyridine rings is 1. The van der Waals surface area contributed by atoms with E-state index in [2.05, 4.69) is 14.9 Å². The van der Waals surface area contributed by atoms with Crippen molar-refractivity contribution in [3.8, 4) is 11.4 Å². The second-order valence-corrected chi connectivity index (χ2v) is 7.95. The number of nitrogens with zero attached hydrogens (tertiary/aromatic N) is 5. The van der Waals surface area contributed by atoms with Crippen molar-refractivity contribution in [1.82, 2.24) is 24.1 Å². The molecule has 1 fully saturated rings. The van der Waals surface area contributed by atoms with E-state index in [1.807, 2.05) is 41.9 Å². The van der Waals surface area contributed by atoms with E-state index in [0.717, 1.165) is 28.2 Å². The van der Waals surface area contributed by atoms with Gasteiger partial charge >= 0.3 is 5.69 Å². The second-order valence-electron chi connectivity index (χ2n) is 7.54. The normalized spacial score (nSPS) is 14.3. The number of aromatic nitrogens is 5. The summed E-state index contributed by atoms with van der Waals surface area (Å²) in [4.78, 5) is 37.3. The minimum Gasteiger partial charge on any atom is -0.352 e. The molecule has 4 aromatic rings. The molecule has 3 aromatic heterocycles. The summed E-state index contributed by atoms with van der Waals surface area (Å²) in [5.41, 5.74) is 2.52. The molecule has 4 heterocycles. The topological polar surface area (TPSA) is 88.8 Å². The van der Waals surface area contributed by atoms with E-state index < -0.39 is 0 Å². The number of aryl methyl sites for hydroxylation is 2. The number of halogens is 1. The molecular formula is C21H19ClN6O2. The smallest absolute Gasteiger partial charge is 0.328 e. The third kappa shape index (κ3) is 2.91. The first-order valence-electron chi connectivity index (χ1n) is 9.57. The van der Waals surface area contributed by atoms with E-state index in [4.69, 9.17) is 16.6 Å². The van der Waals surface area contributed by atoms with Gasteiger partial charge in [-0.1, -0.05) is 23.7 Å². The van der Waals surface area contributed by atoms with Crippen molar-refractivity contribution >= 4 is 28.5 Å². The minimum absolute atomic E-state index is 0.0234. The number of hydrogen-bond acceptors (Lipinski definition) is 5. The molecule has 0 aliphatic carbocycles. The monoisotopic (exact) mass is 422 g/mol. The minimum atomic E-state index is -0.389. The number of hydrogen-bond donors (Lipinski definition) is 1. The van der Waals surface area contributed by atoms with Crippen LogP contribution in [-0.4, -0.2) is 37.2 Å². The molecule has 0 unspecified atom stereocenters. The van der Waals surface area contributed by atoms with E-state index in [-0.39, 0.29) is 17.3 Å². The van der Waals surface area contributed by atoms with Gasteiger partial charge in [-0.15, -0.1) is 0 Å². The van der Waals surface area contributed by atoms with Crippen molar-refractivity contribution in [2.45, 2.75) is 13.0 Å². The van der Waals surface area contributed by atoms with Crippen LogP contribution in [0.2, 0.25) is 5.02 Å². The summed E-state index contributed by atoms with van der Waals surface area (Å²) >= 11 is 6.46. The number of anilines is 1. The van der Waals surface area contributed by atoms with Crippen molar-refractivity contribution in [3.05, 3.63) is 74.1 Å². The Balaban J connectivity index is 1.45. The molecule has 0 saturated carbocycles. The largest absolute Gasteiger partial charge is 0.352 e. The molecule has 0 bridgehead atoms. The number of nitrogens with one attached hydrogen (secondary N) is 1. The Hall–Kier alpha value is -3.39. The molecule has 30 heavy (non-hydrogen) atoms. The molecule has 5 rings (SSSR count). The van der Waals surface area contributed by atoms with Crippen LogP contribution in [0.15, 0.2) is 52.3 Å². The lowest BCUT2D eigenvalue weighted by Crippen LogP contribution is -2.51. The molecular weight excluding hydrogens is 404 g/mol. The zero-order valence-electron chi connectivity index (χ0n) is 16.5. The number of H-pyrrole nitrogens is 1. The average Bonchev–Trinajstić information content (AvgIpc) is 3.02. The lowest BCUT2D eigenvalue weighted by atomic mass is 10.1. The molecule has 0 atom stereocenters. The molecule has 9 heteroatoms. The van der Waals surface area contributed by atoms with Gasteiger partial charge in [0, 0.05) is 43.7 Å². The predicted molar refractivity (Wildman–Crippen MR) is 116 cm³/mol. The number of aromatic amines is 1. The summed E-state index contributed by atoms with van der Waals surface area (Å²) in [7, 11) is 1.96. The Labute approximate surface area is 176 Å². The first-order chi connectivity index (χ1) is 14.4. The Kier molecular flexibility index (Phi) is 4.25. The quantitative estimate of drug-likeness (QED) is 0.548. The highest BCUT2D eigenvalue weighted by molar-refractivity contribution is 6.33. The van der Waals surface area contributed by atoms with Crippen LogP contribution < -0.4 is 16.1 Å². The number of fused-ring (bicyclic) bond motifs is 1. The van der Waals surface area contributed by atoms with Crippen LogP contribution in [-0.2, 0) is 7.05 Å². The van der Waals surface area contributed by atoms with E-state index in [9.17, 15) is 9.59 Å². The fourth-order valence-corrected chi connectivity index (χ4v) is 4.02. The number of imidazole rings is 1. The van der Waals surface area contributed by atoms with Crippen LogP contribution in [0.4, 0.5) is 5.82 Å². The molecule has 0 spiro atoms. The van der Waals surface area contributed by atoms with Crippen LogP contribution in [0, 0.1) is 6.92 Å². The average molecular weight is 423 g/mol. The maximum Gasteiger partial charge on any atom is 0.328 e. The third-order valence-corrected chi connectivity index (χ3v) is 5.90. The van der Waals surface area contributed by atoms with Crippen molar-refractivity contribution in [2.24, 2.45) is 7.05 Å². The molecule has 0 radical (unpaired) electrons. The van der Waals surface area contributed by atoms with Gasteiger partial charge in [0.2, 0.25) is 0 Å². The van der Waals surface area contributed by atoms with Gasteiger partial charge in [0.25, 0.3) is 5.56 Å². The van der Waals surface area contributed by atoms with Crippen LogP contribution >= 0.6 is 11.6 Å². The fraction of sp³-hybridized carbons (Fsp3) is 0.238. The van der Waals surface area contributed by atoms with Gasteiger partial charge in [0.1, 0.15) is 11.6 Å². The summed E-state index contributed by atoms with van der Waals surface area (Å²) in [6.45, 7) is 2.92. The maximum atomic E-state index is 12.1. The fourth-order valence-electron chi connectivity index (χ4n) is 3.83. The van der Waals surface area contributed by atoms with Crippen LogP contribution in [0.1, 0.15) is 11.6 Å². The summed E-state index contributed by atoms with van der Waals surface area (Å²) in [5.74, 6) is 1.54. The Morgan fingerprint density at radius 1 is 1.20 bits per heavy atom. The van der Waals surface area contributed by atoms with Crippen LogP contribution in [0.5, 0.6) is 0 Å². The summed E-state index contributed by atoms with van der Waals surface area (Å²) in [6.07, 6.45) is 3.25. The van der Waals surface area contributed by atoms with Gasteiger partial charge < -0.3 is 9.47 Å². The second kappa shape index (κ2) is 6.84. The first kappa shape index (κ1) is 18.6. The summed E-state index contributed by atoms with van der Waals surface area (Å²) in [5, 5.41) is 0.529. The first-order valence-corrected chi connectivity index (χ1v) is 9.94. The number of benzene rings is 1. The highest BCUT2D eigenvalue weighted by atomic mass is 35.5. The Bertz CT molecular complexity index is 1400. The predicted octanol–water partition coefficient (Wildman–Crippen LogP) is 2.51. The molecule has 1 aliphatic heterocycles. The van der Waals surface area contributed by atoms with Gasteiger partial charge in [-0.25, -0.2) is 14.8 Å². The number of para-hydroxylation sites is 2. The van der Waals surface area contributed by atoms with Crippen molar-refractivity contribution in [3.63, 3.8) is 0 Å². The van der Waals surface area contributed by atoms with Gasteiger partial charge in [-0.2, -0.15) is 0 Å². The molecule has 1 aliphatic rings. The zero-order valence-corrected chi connectivity index (χ0v) is 17.2. The van der Waals surface area contributed by atoms with Gasteiger partial charge in [-0.05, 0) is 25.1 Å². The molecule has 8 nitrogen and oxygen atoms in total. The van der Waals surface area contributed by atoms with E-state index in [1.54, 1.807) is 23.9 Å². The van der Waals surface area contributed by atoms with Crippen LogP contribution in [0.25, 0.3) is 22.4 Å². The maximum absolute atomic E-state index is 12.1. The van der Waals surface area contributed by atoms with Crippen molar-refractivity contribution in [2.75, 3.05) is 18.0 Å². The number of rotatable bonds is 3. The highest BCUT2D eigenvalue weighted by Gasteiger charge is 2.31. The van der Waals surface area contributed by atoms with E-state index in [0.29, 0.717) is 23.7 Å². The molecule has 1 N–H and O–H groups in total. The third-order valence-electron chi connectivity index (χ3n) is 5.59. The summed E-state index contributed by atoms with van der Waals surface area (Å²) < 4.78 is 3.59. The van der Waals surface area contributed by atoms with E-state index >= 15 is 0 Å². The zero-order chi connectivity index (χ0) is 21.0. The standard InChI is InChI=1S/C21H19ClN6O2/c1-12-9-28(21(30)25-20(12)29)13-10-27(11-13)18-7-14(15(22)8-23-18)19-24-16-5-3-4-6-17(16)26(19)2/h3-9,13H,10-11H2,1-2H3,(H,25,29,30). The Morgan fingerprint density at radius 3 is 2.73 bits per heavy atom. The van der Waals surface area contributed by atoms with Gasteiger partial charge in [0.05, 0.1) is 22.1 Å². The molecule has 1 saturated heterocycles. The Morgan fingerprint density at radius 2 is 1.97 bits per heavy atom. The van der Waals surface area contributed by atoms with Crippen LogP contribution in [0.3, 0.4) is 0 Å². The SMILES string of the molecule is Cc1cn(C2CN(c3cc(-c4nc5ccccc5n4C)c(Cl)cn3)C2)c(=O)[nH]c1=O. The van der Waals surface area contributed by atoms with Crippen molar-refractivity contribution in [1.29, 1.82) is 0 Å². The lowest BCUT2D eigenvalue weighted by molar-refractivity contribution is 0.381. The molecule has 152 valence electrons. The molecule has 1 aromatic carbocycles. The van der Waals surface area contributed by atoms with E-state index in [1.165, 1.54) is 0 Å². The van der Waals surface area contributed by atoms with Gasteiger partial charge in [-0.3, -0.25) is 14.3 Å². The van der Waals surface area contributed by atoms with Gasteiger partial charge in [0.15, 0.2) is 0 Å². The highest BCUT2D eigenvalue weighted by Crippen LogP contribution is 2.34. The van der Waals surface area contributed by atoms with Crippen molar-refractivity contribution < 1.29 is 0 Å².